The van der Waals surface area contributed by atoms with Crippen LogP contribution < -0.4 is 10.1 Å². The lowest BCUT2D eigenvalue weighted by Crippen LogP contribution is -2.26. The quantitative estimate of drug-likeness (QED) is 0.711. The van der Waals surface area contributed by atoms with Gasteiger partial charge in [-0.25, -0.2) is 12.7 Å². The van der Waals surface area contributed by atoms with Gasteiger partial charge in [-0.15, -0.1) is 0 Å². The van der Waals surface area contributed by atoms with E-state index in [-0.39, 0.29) is 17.3 Å². The number of halogens is 1. The summed E-state index contributed by atoms with van der Waals surface area (Å²) in [7, 11) is -0.647. The summed E-state index contributed by atoms with van der Waals surface area (Å²) < 4.78 is 31.6. The van der Waals surface area contributed by atoms with E-state index in [1.54, 1.807) is 42.5 Å². The minimum atomic E-state index is -3.59. The Kier molecular flexibility index (Phi) is 6.42. The van der Waals surface area contributed by atoms with Crippen LogP contribution in [0.5, 0.6) is 5.75 Å². The zero-order valence-electron chi connectivity index (χ0n) is 16.1. The van der Waals surface area contributed by atoms with E-state index in [9.17, 15) is 13.2 Å². The van der Waals surface area contributed by atoms with Gasteiger partial charge < -0.3 is 10.1 Å². The Hall–Kier alpha value is -2.61. The standard InChI is InChI=1S/C21H21ClN2O4S/c1-24(2)29(26,27)20-6-4-3-5-16(20)13-23-21(25)10-7-15-11-17-12-18(22)8-9-19(17)28-14-15/h3-12H,13-14H2,1-2H3,(H,23,25)/b10-7+. The molecule has 0 unspecified atom stereocenters. The van der Waals surface area contributed by atoms with Crippen LogP contribution in [0.15, 0.2) is 65.1 Å². The normalized spacial score (nSPS) is 13.7. The molecule has 0 saturated carbocycles. The number of nitrogens with one attached hydrogen (secondary N) is 1. The number of nitrogens with zero attached hydrogens (tertiary/aromatic N) is 1. The largest absolute Gasteiger partial charge is 0.488 e. The first-order valence-electron chi connectivity index (χ1n) is 8.86. The second-order valence-corrected chi connectivity index (χ2v) is 9.19. The SMILES string of the molecule is CN(C)S(=O)(=O)c1ccccc1CNC(=O)/C=C/C1=Cc2cc(Cl)ccc2OC1. The van der Waals surface area contributed by atoms with Crippen LogP contribution in [0, 0.1) is 0 Å². The summed E-state index contributed by atoms with van der Waals surface area (Å²) >= 11 is 6.00. The second kappa shape index (κ2) is 8.82. The molecule has 3 rings (SSSR count). The van der Waals surface area contributed by atoms with Crippen molar-refractivity contribution in [1.29, 1.82) is 0 Å². The van der Waals surface area contributed by atoms with Crippen LogP contribution in [-0.2, 0) is 21.4 Å². The number of fused-ring (bicyclic) bond motifs is 1. The molecule has 8 heteroatoms. The van der Waals surface area contributed by atoms with Gasteiger partial charge in [0, 0.05) is 37.3 Å². The van der Waals surface area contributed by atoms with Crippen LogP contribution in [0.2, 0.25) is 5.02 Å². The maximum Gasteiger partial charge on any atom is 0.244 e. The van der Waals surface area contributed by atoms with Gasteiger partial charge in [-0.2, -0.15) is 0 Å². The van der Waals surface area contributed by atoms with Gasteiger partial charge in [0.2, 0.25) is 15.9 Å². The smallest absolute Gasteiger partial charge is 0.244 e. The summed E-state index contributed by atoms with van der Waals surface area (Å²) in [6.45, 7) is 0.447. The van der Waals surface area contributed by atoms with Gasteiger partial charge in [-0.05, 0) is 41.5 Å². The number of sulfonamides is 1. The molecule has 152 valence electrons. The van der Waals surface area contributed by atoms with Crippen molar-refractivity contribution in [2.45, 2.75) is 11.4 Å². The molecule has 0 atom stereocenters. The number of amides is 1. The molecule has 0 saturated heterocycles. The Morgan fingerprint density at radius 3 is 2.76 bits per heavy atom. The predicted octanol–water partition coefficient (Wildman–Crippen LogP) is 3.24. The van der Waals surface area contributed by atoms with Crippen LogP contribution in [0.1, 0.15) is 11.1 Å². The average molecular weight is 433 g/mol. The lowest BCUT2D eigenvalue weighted by Gasteiger charge is -2.16. The van der Waals surface area contributed by atoms with E-state index in [0.29, 0.717) is 17.2 Å². The minimum Gasteiger partial charge on any atom is -0.488 e. The minimum absolute atomic E-state index is 0.0976. The number of benzene rings is 2. The van der Waals surface area contributed by atoms with Gasteiger partial charge in [0.25, 0.3) is 0 Å². The number of carbonyl (C=O) groups excluding carboxylic acids is 1. The second-order valence-electron chi connectivity index (χ2n) is 6.64. The fourth-order valence-electron chi connectivity index (χ4n) is 2.78. The van der Waals surface area contributed by atoms with Gasteiger partial charge in [-0.3, -0.25) is 4.79 Å². The first-order valence-corrected chi connectivity index (χ1v) is 10.7. The highest BCUT2D eigenvalue weighted by atomic mass is 35.5. The van der Waals surface area contributed by atoms with E-state index in [4.69, 9.17) is 16.3 Å². The fraction of sp³-hybridized carbons (Fsp3) is 0.190. The predicted molar refractivity (Wildman–Crippen MR) is 113 cm³/mol. The molecule has 0 bridgehead atoms. The molecule has 1 N–H and O–H groups in total. The van der Waals surface area contributed by atoms with Crippen molar-refractivity contribution in [3.8, 4) is 5.75 Å². The monoisotopic (exact) mass is 432 g/mol. The van der Waals surface area contributed by atoms with Crippen LogP contribution in [-0.4, -0.2) is 39.3 Å². The molecule has 2 aromatic carbocycles. The van der Waals surface area contributed by atoms with Gasteiger partial charge in [-0.1, -0.05) is 35.9 Å². The van der Waals surface area contributed by atoms with E-state index >= 15 is 0 Å². The Morgan fingerprint density at radius 2 is 2.00 bits per heavy atom. The maximum absolute atomic E-state index is 12.4. The Bertz CT molecular complexity index is 1090. The van der Waals surface area contributed by atoms with Crippen molar-refractivity contribution < 1.29 is 17.9 Å². The van der Waals surface area contributed by atoms with Gasteiger partial charge in [0.1, 0.15) is 12.4 Å². The fourth-order valence-corrected chi connectivity index (χ4v) is 4.08. The number of carbonyl (C=O) groups is 1. The van der Waals surface area contributed by atoms with Crippen molar-refractivity contribution >= 4 is 33.6 Å². The molecule has 1 aliphatic heterocycles. The van der Waals surface area contributed by atoms with Gasteiger partial charge >= 0.3 is 0 Å². The maximum atomic E-state index is 12.4. The Labute approximate surface area is 175 Å². The molecular formula is C21H21ClN2O4S. The lowest BCUT2D eigenvalue weighted by atomic mass is 10.1. The van der Waals surface area contributed by atoms with Gasteiger partial charge in [0.15, 0.2) is 0 Å². The van der Waals surface area contributed by atoms with E-state index in [0.717, 1.165) is 21.2 Å². The van der Waals surface area contributed by atoms with E-state index in [1.165, 1.54) is 26.2 Å². The Morgan fingerprint density at radius 1 is 1.24 bits per heavy atom. The van der Waals surface area contributed by atoms with Crippen molar-refractivity contribution in [2.24, 2.45) is 0 Å². The highest BCUT2D eigenvalue weighted by Gasteiger charge is 2.20. The first-order chi connectivity index (χ1) is 13.8. The number of hydrogen-bond acceptors (Lipinski definition) is 4. The molecule has 0 aromatic heterocycles. The van der Waals surface area contributed by atoms with E-state index in [1.807, 2.05) is 6.08 Å². The van der Waals surface area contributed by atoms with Crippen molar-refractivity contribution in [2.75, 3.05) is 20.7 Å². The third kappa shape index (κ3) is 5.06. The highest BCUT2D eigenvalue weighted by molar-refractivity contribution is 7.89. The molecule has 6 nitrogen and oxygen atoms in total. The molecular weight excluding hydrogens is 412 g/mol. The molecule has 1 heterocycles. The summed E-state index contributed by atoms with van der Waals surface area (Å²) in [6.07, 6.45) is 4.98. The number of rotatable bonds is 6. The van der Waals surface area contributed by atoms with Gasteiger partial charge in [0.05, 0.1) is 4.90 Å². The number of hydrogen-bond donors (Lipinski definition) is 1. The average Bonchev–Trinajstić information content (AvgIpc) is 2.70. The van der Waals surface area contributed by atoms with Crippen LogP contribution >= 0.6 is 11.6 Å². The molecule has 0 fully saturated rings. The van der Waals surface area contributed by atoms with Crippen LogP contribution in [0.3, 0.4) is 0 Å². The lowest BCUT2D eigenvalue weighted by molar-refractivity contribution is -0.116. The van der Waals surface area contributed by atoms with Crippen molar-refractivity contribution in [3.05, 3.63) is 76.3 Å². The topological polar surface area (TPSA) is 75.7 Å². The third-order valence-electron chi connectivity index (χ3n) is 4.34. The van der Waals surface area contributed by atoms with Crippen LogP contribution in [0.25, 0.3) is 6.08 Å². The zero-order chi connectivity index (χ0) is 21.0. The molecule has 1 amide bonds. The molecule has 0 spiro atoms. The number of ether oxygens (including phenoxy) is 1. The summed E-state index contributed by atoms with van der Waals surface area (Å²) in [5, 5.41) is 3.33. The zero-order valence-corrected chi connectivity index (χ0v) is 17.6. The molecule has 0 radical (unpaired) electrons. The third-order valence-corrected chi connectivity index (χ3v) is 6.49. The summed E-state index contributed by atoms with van der Waals surface area (Å²) in [5.41, 5.74) is 2.20. The highest BCUT2D eigenvalue weighted by Crippen LogP contribution is 2.29. The summed E-state index contributed by atoms with van der Waals surface area (Å²) in [6, 6.07) is 12.0. The molecule has 1 aliphatic rings. The molecule has 29 heavy (non-hydrogen) atoms. The van der Waals surface area contributed by atoms with Crippen molar-refractivity contribution in [3.63, 3.8) is 0 Å². The van der Waals surface area contributed by atoms with Crippen molar-refractivity contribution in [1.82, 2.24) is 9.62 Å². The molecule has 0 aliphatic carbocycles. The van der Waals surface area contributed by atoms with E-state index in [2.05, 4.69) is 5.32 Å². The Balaban J connectivity index is 1.67. The molecule has 2 aromatic rings. The summed E-state index contributed by atoms with van der Waals surface area (Å²) in [5.74, 6) is 0.412. The summed E-state index contributed by atoms with van der Waals surface area (Å²) in [4.78, 5) is 12.4. The van der Waals surface area contributed by atoms with E-state index < -0.39 is 10.0 Å². The van der Waals surface area contributed by atoms with Crippen LogP contribution in [0.4, 0.5) is 0 Å². The first kappa shape index (κ1) is 21.1.